The van der Waals surface area contributed by atoms with Gasteiger partial charge in [0.15, 0.2) is 0 Å². The summed E-state index contributed by atoms with van der Waals surface area (Å²) in [5.74, 6) is 0.735. The van der Waals surface area contributed by atoms with Gasteiger partial charge in [-0.05, 0) is 38.1 Å². The van der Waals surface area contributed by atoms with E-state index in [0.717, 1.165) is 11.4 Å². The number of ether oxygens (including phenoxy) is 1. The van der Waals surface area contributed by atoms with Crippen molar-refractivity contribution in [1.82, 2.24) is 4.90 Å². The quantitative estimate of drug-likeness (QED) is 0.710. The summed E-state index contributed by atoms with van der Waals surface area (Å²) in [6.45, 7) is 12.9. The SMILES string of the molecule is C=CCN(CC=C)CC(=O)Nc1ccc(OC(C)C)cc1. The lowest BCUT2D eigenvalue weighted by atomic mass is 10.3. The maximum atomic E-state index is 12.0. The summed E-state index contributed by atoms with van der Waals surface area (Å²) in [7, 11) is 0. The Morgan fingerprint density at radius 3 is 2.29 bits per heavy atom. The number of anilines is 1. The van der Waals surface area contributed by atoms with Gasteiger partial charge in [0.25, 0.3) is 0 Å². The van der Waals surface area contributed by atoms with E-state index in [2.05, 4.69) is 18.5 Å². The van der Waals surface area contributed by atoms with Crippen LogP contribution in [0.5, 0.6) is 5.75 Å². The molecule has 1 rings (SSSR count). The van der Waals surface area contributed by atoms with E-state index in [9.17, 15) is 4.79 Å². The van der Waals surface area contributed by atoms with Crippen LogP contribution < -0.4 is 10.1 Å². The van der Waals surface area contributed by atoms with Crippen LogP contribution in [0.2, 0.25) is 0 Å². The van der Waals surface area contributed by atoms with E-state index >= 15 is 0 Å². The lowest BCUT2D eigenvalue weighted by Crippen LogP contribution is -2.33. The Bertz CT molecular complexity index is 456. The van der Waals surface area contributed by atoms with Crippen molar-refractivity contribution in [1.29, 1.82) is 0 Å². The first-order valence-corrected chi connectivity index (χ1v) is 7.06. The molecule has 0 fully saturated rings. The molecular weight excluding hydrogens is 264 g/mol. The van der Waals surface area contributed by atoms with Crippen LogP contribution in [0.1, 0.15) is 13.8 Å². The van der Waals surface area contributed by atoms with Crippen molar-refractivity contribution in [2.75, 3.05) is 25.0 Å². The largest absolute Gasteiger partial charge is 0.491 e. The fraction of sp³-hybridized carbons (Fsp3) is 0.353. The molecule has 1 aromatic carbocycles. The van der Waals surface area contributed by atoms with Gasteiger partial charge >= 0.3 is 0 Å². The first-order valence-electron chi connectivity index (χ1n) is 7.06. The van der Waals surface area contributed by atoms with Crippen LogP contribution in [-0.2, 0) is 4.79 Å². The molecule has 0 aromatic heterocycles. The number of carbonyl (C=O) groups is 1. The zero-order chi connectivity index (χ0) is 15.7. The third kappa shape index (κ3) is 6.77. The van der Waals surface area contributed by atoms with Gasteiger partial charge in [0.2, 0.25) is 5.91 Å². The van der Waals surface area contributed by atoms with Crippen molar-refractivity contribution in [2.24, 2.45) is 0 Å². The highest BCUT2D eigenvalue weighted by molar-refractivity contribution is 5.92. The average Bonchev–Trinajstić information content (AvgIpc) is 2.41. The smallest absolute Gasteiger partial charge is 0.238 e. The normalized spacial score (nSPS) is 10.5. The van der Waals surface area contributed by atoms with E-state index in [1.54, 1.807) is 12.2 Å². The molecule has 4 heteroatoms. The summed E-state index contributed by atoms with van der Waals surface area (Å²) in [6.07, 6.45) is 3.68. The highest BCUT2D eigenvalue weighted by Gasteiger charge is 2.08. The van der Waals surface area contributed by atoms with Crippen LogP contribution >= 0.6 is 0 Å². The molecule has 0 aliphatic carbocycles. The van der Waals surface area contributed by atoms with Crippen LogP contribution in [0, 0.1) is 0 Å². The lowest BCUT2D eigenvalue weighted by Gasteiger charge is -2.18. The molecule has 0 atom stereocenters. The van der Waals surface area contributed by atoms with Gasteiger partial charge in [-0.2, -0.15) is 0 Å². The van der Waals surface area contributed by atoms with E-state index in [-0.39, 0.29) is 12.0 Å². The molecule has 0 bridgehead atoms. The molecule has 21 heavy (non-hydrogen) atoms. The summed E-state index contributed by atoms with van der Waals surface area (Å²) in [6, 6.07) is 7.36. The monoisotopic (exact) mass is 288 g/mol. The Kier molecular flexibility index (Phi) is 7.26. The van der Waals surface area contributed by atoms with Crippen LogP contribution in [0.15, 0.2) is 49.6 Å². The van der Waals surface area contributed by atoms with Gasteiger partial charge in [-0.3, -0.25) is 9.69 Å². The van der Waals surface area contributed by atoms with E-state index in [1.807, 2.05) is 43.0 Å². The highest BCUT2D eigenvalue weighted by Crippen LogP contribution is 2.16. The van der Waals surface area contributed by atoms with E-state index in [0.29, 0.717) is 19.6 Å². The first kappa shape index (κ1) is 17.0. The van der Waals surface area contributed by atoms with Gasteiger partial charge in [0, 0.05) is 18.8 Å². The predicted molar refractivity (Wildman–Crippen MR) is 87.7 cm³/mol. The minimum Gasteiger partial charge on any atom is -0.491 e. The molecule has 0 unspecified atom stereocenters. The van der Waals surface area contributed by atoms with Gasteiger partial charge in [0.05, 0.1) is 12.6 Å². The predicted octanol–water partition coefficient (Wildman–Crippen LogP) is 3.09. The van der Waals surface area contributed by atoms with Crippen LogP contribution in [0.4, 0.5) is 5.69 Å². The van der Waals surface area contributed by atoms with Crippen LogP contribution in [-0.4, -0.2) is 36.5 Å². The number of hydrogen-bond acceptors (Lipinski definition) is 3. The number of hydrogen-bond donors (Lipinski definition) is 1. The van der Waals surface area contributed by atoms with E-state index < -0.39 is 0 Å². The molecule has 1 aromatic rings. The molecule has 0 spiro atoms. The standard InChI is InChI=1S/C17H24N2O2/c1-5-11-19(12-6-2)13-17(20)18-15-7-9-16(10-8-15)21-14(3)4/h5-10,14H,1-2,11-13H2,3-4H3,(H,18,20). The van der Waals surface area contributed by atoms with Crippen LogP contribution in [0.3, 0.4) is 0 Å². The zero-order valence-electron chi connectivity index (χ0n) is 12.8. The highest BCUT2D eigenvalue weighted by atomic mass is 16.5. The summed E-state index contributed by atoms with van der Waals surface area (Å²) < 4.78 is 5.56. The molecule has 114 valence electrons. The number of amides is 1. The molecular formula is C17H24N2O2. The Morgan fingerprint density at radius 1 is 1.24 bits per heavy atom. The van der Waals surface area contributed by atoms with Gasteiger partial charge < -0.3 is 10.1 Å². The third-order valence-corrected chi connectivity index (χ3v) is 2.65. The van der Waals surface area contributed by atoms with Crippen molar-refractivity contribution in [3.63, 3.8) is 0 Å². The lowest BCUT2D eigenvalue weighted by molar-refractivity contribution is -0.117. The van der Waals surface area contributed by atoms with Crippen molar-refractivity contribution in [2.45, 2.75) is 20.0 Å². The van der Waals surface area contributed by atoms with Gasteiger partial charge in [0.1, 0.15) is 5.75 Å². The minimum atomic E-state index is -0.0590. The topological polar surface area (TPSA) is 41.6 Å². The van der Waals surface area contributed by atoms with E-state index in [1.165, 1.54) is 0 Å². The van der Waals surface area contributed by atoms with Crippen molar-refractivity contribution < 1.29 is 9.53 Å². The van der Waals surface area contributed by atoms with Gasteiger partial charge in [-0.15, -0.1) is 13.2 Å². The third-order valence-electron chi connectivity index (χ3n) is 2.65. The fourth-order valence-electron chi connectivity index (χ4n) is 1.86. The minimum absolute atomic E-state index is 0.0590. The second-order valence-electron chi connectivity index (χ2n) is 5.01. The Morgan fingerprint density at radius 2 is 1.81 bits per heavy atom. The number of nitrogens with zero attached hydrogens (tertiary/aromatic N) is 1. The zero-order valence-corrected chi connectivity index (χ0v) is 12.8. The fourth-order valence-corrected chi connectivity index (χ4v) is 1.86. The number of benzene rings is 1. The summed E-state index contributed by atoms with van der Waals surface area (Å²) in [5.41, 5.74) is 0.758. The van der Waals surface area contributed by atoms with Gasteiger partial charge in [-0.1, -0.05) is 12.2 Å². The Hall–Kier alpha value is -2.07. The maximum absolute atomic E-state index is 12.0. The average molecular weight is 288 g/mol. The number of nitrogens with one attached hydrogen (secondary N) is 1. The first-order chi connectivity index (χ1) is 10.0. The molecule has 0 saturated heterocycles. The summed E-state index contributed by atoms with van der Waals surface area (Å²) in [4.78, 5) is 13.9. The molecule has 1 N–H and O–H groups in total. The van der Waals surface area contributed by atoms with Crippen molar-refractivity contribution in [3.8, 4) is 5.75 Å². The second kappa shape index (κ2) is 8.97. The number of carbonyl (C=O) groups excluding carboxylic acids is 1. The Balaban J connectivity index is 2.53. The maximum Gasteiger partial charge on any atom is 0.238 e. The van der Waals surface area contributed by atoms with Gasteiger partial charge in [-0.25, -0.2) is 0 Å². The number of rotatable bonds is 9. The molecule has 0 saturated carbocycles. The summed E-state index contributed by atoms with van der Waals surface area (Å²) in [5, 5.41) is 2.86. The molecule has 0 aliphatic rings. The molecule has 4 nitrogen and oxygen atoms in total. The van der Waals surface area contributed by atoms with Crippen molar-refractivity contribution in [3.05, 3.63) is 49.6 Å². The molecule has 0 heterocycles. The summed E-state index contributed by atoms with van der Waals surface area (Å²) >= 11 is 0. The molecule has 0 aliphatic heterocycles. The Labute approximate surface area is 127 Å². The van der Waals surface area contributed by atoms with E-state index in [4.69, 9.17) is 4.74 Å². The van der Waals surface area contributed by atoms with Crippen LogP contribution in [0.25, 0.3) is 0 Å². The second-order valence-corrected chi connectivity index (χ2v) is 5.01. The molecule has 0 radical (unpaired) electrons. The van der Waals surface area contributed by atoms with Crippen molar-refractivity contribution >= 4 is 11.6 Å². The molecule has 1 amide bonds.